The van der Waals surface area contributed by atoms with E-state index < -0.39 is 11.4 Å². The molecule has 4 aromatic rings. The molecule has 0 aliphatic carbocycles. The van der Waals surface area contributed by atoms with Gasteiger partial charge in [0.2, 0.25) is 5.88 Å². The van der Waals surface area contributed by atoms with Crippen LogP contribution in [0.2, 0.25) is 0 Å². The van der Waals surface area contributed by atoms with E-state index in [1.807, 2.05) is 42.5 Å². The van der Waals surface area contributed by atoms with Gasteiger partial charge in [-0.1, -0.05) is 12.1 Å². The average molecular weight is 388 g/mol. The summed E-state index contributed by atoms with van der Waals surface area (Å²) in [5.41, 5.74) is 3.43. The Morgan fingerprint density at radius 1 is 1.03 bits per heavy atom. The van der Waals surface area contributed by atoms with E-state index in [1.54, 1.807) is 32.3 Å². The predicted molar refractivity (Wildman–Crippen MR) is 109 cm³/mol. The van der Waals surface area contributed by atoms with Gasteiger partial charge in [-0.3, -0.25) is 9.78 Å². The Bertz CT molecular complexity index is 1120. The van der Waals surface area contributed by atoms with Gasteiger partial charge in [0.05, 0.1) is 22.1 Å². The van der Waals surface area contributed by atoms with E-state index >= 15 is 0 Å². The largest absolute Gasteiger partial charge is 0.481 e. The molecule has 0 atom stereocenters. The number of hydrogen-bond donors (Lipinski definition) is 2. The maximum absolute atomic E-state index is 11.1. The maximum atomic E-state index is 11.1. The Labute approximate surface area is 167 Å². The van der Waals surface area contributed by atoms with Crippen molar-refractivity contribution in [3.05, 3.63) is 60.9 Å². The van der Waals surface area contributed by atoms with Crippen molar-refractivity contribution in [2.24, 2.45) is 5.41 Å². The molecule has 146 valence electrons. The van der Waals surface area contributed by atoms with Gasteiger partial charge >= 0.3 is 5.97 Å². The van der Waals surface area contributed by atoms with E-state index in [2.05, 4.69) is 19.9 Å². The second kappa shape index (κ2) is 7.35. The summed E-state index contributed by atoms with van der Waals surface area (Å²) in [5, 5.41) is 9.14. The quantitative estimate of drug-likeness (QED) is 0.514. The Hall–Kier alpha value is -3.74. The number of hydrogen-bond acceptors (Lipinski definition) is 5. The van der Waals surface area contributed by atoms with Crippen molar-refractivity contribution in [2.45, 2.75) is 13.8 Å². The summed E-state index contributed by atoms with van der Waals surface area (Å²) >= 11 is 0. The fourth-order valence-electron chi connectivity index (χ4n) is 2.73. The van der Waals surface area contributed by atoms with Crippen molar-refractivity contribution < 1.29 is 14.6 Å². The minimum absolute atomic E-state index is 0.0408. The van der Waals surface area contributed by atoms with Crippen LogP contribution in [0.3, 0.4) is 0 Å². The van der Waals surface area contributed by atoms with E-state index in [9.17, 15) is 4.79 Å². The molecule has 0 fully saturated rings. The van der Waals surface area contributed by atoms with Crippen molar-refractivity contribution in [2.75, 3.05) is 6.61 Å². The van der Waals surface area contributed by atoms with Gasteiger partial charge in [-0.2, -0.15) is 0 Å². The first-order chi connectivity index (χ1) is 13.9. The fraction of sp³-hybridized carbons (Fsp3) is 0.182. The molecular weight excluding hydrogens is 368 g/mol. The molecule has 0 unspecified atom stereocenters. The molecule has 7 nitrogen and oxygen atoms in total. The van der Waals surface area contributed by atoms with Crippen molar-refractivity contribution in [1.82, 2.24) is 19.9 Å². The van der Waals surface area contributed by atoms with Crippen LogP contribution in [0.15, 0.2) is 60.9 Å². The molecule has 3 aromatic heterocycles. The van der Waals surface area contributed by atoms with Gasteiger partial charge in [0.25, 0.3) is 0 Å². The minimum atomic E-state index is -0.978. The number of aromatic amines is 1. The van der Waals surface area contributed by atoms with E-state index in [0.717, 1.165) is 33.7 Å². The summed E-state index contributed by atoms with van der Waals surface area (Å²) in [7, 11) is 0. The van der Waals surface area contributed by atoms with Crippen molar-refractivity contribution in [1.29, 1.82) is 0 Å². The van der Waals surface area contributed by atoms with Gasteiger partial charge in [0.1, 0.15) is 12.4 Å². The second-order valence-corrected chi connectivity index (χ2v) is 7.40. The highest BCUT2D eigenvalue weighted by molar-refractivity contribution is 5.79. The lowest BCUT2D eigenvalue weighted by Crippen LogP contribution is -2.30. The van der Waals surface area contributed by atoms with Crippen LogP contribution in [0.1, 0.15) is 13.8 Å². The van der Waals surface area contributed by atoms with Crippen LogP contribution in [-0.4, -0.2) is 37.6 Å². The zero-order valence-electron chi connectivity index (χ0n) is 16.1. The van der Waals surface area contributed by atoms with Crippen molar-refractivity contribution in [3.8, 4) is 28.5 Å². The number of benzene rings is 1. The lowest BCUT2D eigenvalue weighted by Gasteiger charge is -2.18. The number of carboxylic acid groups (broad SMARTS) is 1. The van der Waals surface area contributed by atoms with E-state index in [4.69, 9.17) is 9.84 Å². The fourth-order valence-corrected chi connectivity index (χ4v) is 2.73. The Kier molecular flexibility index (Phi) is 4.72. The zero-order valence-corrected chi connectivity index (χ0v) is 16.1. The number of fused-ring (bicyclic) bond motifs is 1. The van der Waals surface area contributed by atoms with E-state index in [0.29, 0.717) is 5.88 Å². The highest BCUT2D eigenvalue weighted by Gasteiger charge is 2.28. The number of rotatable bonds is 6. The number of ether oxygens (including phenoxy) is 1. The van der Waals surface area contributed by atoms with Crippen LogP contribution < -0.4 is 4.74 Å². The smallest absolute Gasteiger partial charge is 0.312 e. The Morgan fingerprint density at radius 2 is 1.79 bits per heavy atom. The number of H-pyrrole nitrogens is 1. The molecule has 0 amide bonds. The third kappa shape index (κ3) is 3.94. The molecule has 0 bridgehead atoms. The highest BCUT2D eigenvalue weighted by atomic mass is 16.5. The normalized spacial score (nSPS) is 11.5. The summed E-state index contributed by atoms with van der Waals surface area (Å²) in [6.07, 6.45) is 3.43. The van der Waals surface area contributed by atoms with Gasteiger partial charge in [0, 0.05) is 29.6 Å². The average Bonchev–Trinajstić information content (AvgIpc) is 3.17. The third-order valence-electron chi connectivity index (χ3n) is 4.62. The molecule has 2 N–H and O–H groups in total. The van der Waals surface area contributed by atoms with Gasteiger partial charge in [-0.25, -0.2) is 9.97 Å². The van der Waals surface area contributed by atoms with Gasteiger partial charge in [-0.05, 0) is 44.2 Å². The second-order valence-electron chi connectivity index (χ2n) is 7.40. The van der Waals surface area contributed by atoms with E-state index in [-0.39, 0.29) is 6.61 Å². The van der Waals surface area contributed by atoms with E-state index in [1.165, 1.54) is 0 Å². The first-order valence-electron chi connectivity index (χ1n) is 9.16. The monoisotopic (exact) mass is 388 g/mol. The number of pyridine rings is 2. The predicted octanol–water partition coefficient (Wildman–Crippen LogP) is 4.18. The minimum Gasteiger partial charge on any atom is -0.481 e. The van der Waals surface area contributed by atoms with Crippen LogP contribution in [0.5, 0.6) is 5.88 Å². The number of nitrogens with one attached hydrogen (secondary N) is 1. The molecule has 3 heterocycles. The number of carbonyl (C=O) groups is 1. The number of aliphatic carboxylic acids is 1. The summed E-state index contributed by atoms with van der Waals surface area (Å²) < 4.78 is 5.50. The molecular formula is C22H20N4O3. The number of nitrogens with zero attached hydrogens (tertiary/aromatic N) is 3. The summed E-state index contributed by atoms with van der Waals surface area (Å²) in [4.78, 5) is 27.8. The van der Waals surface area contributed by atoms with Crippen LogP contribution in [0, 0.1) is 5.41 Å². The first-order valence-corrected chi connectivity index (χ1v) is 9.16. The van der Waals surface area contributed by atoms with Crippen LogP contribution >= 0.6 is 0 Å². The molecule has 0 aliphatic rings. The molecule has 0 saturated carbocycles. The molecule has 4 rings (SSSR count). The third-order valence-corrected chi connectivity index (χ3v) is 4.62. The Balaban J connectivity index is 1.48. The number of imidazole rings is 1. The van der Waals surface area contributed by atoms with Crippen LogP contribution in [-0.2, 0) is 4.79 Å². The maximum Gasteiger partial charge on any atom is 0.312 e. The lowest BCUT2D eigenvalue weighted by molar-refractivity contribution is -0.148. The molecule has 29 heavy (non-hydrogen) atoms. The summed E-state index contributed by atoms with van der Waals surface area (Å²) in [6, 6.07) is 15.3. The zero-order chi connectivity index (χ0) is 20.4. The number of carboxylic acids is 1. The van der Waals surface area contributed by atoms with Crippen molar-refractivity contribution >= 4 is 17.0 Å². The molecule has 0 spiro atoms. The Morgan fingerprint density at radius 3 is 2.45 bits per heavy atom. The first kappa shape index (κ1) is 18.6. The number of para-hydroxylation sites is 2. The van der Waals surface area contributed by atoms with Crippen LogP contribution in [0.4, 0.5) is 0 Å². The summed E-state index contributed by atoms with van der Waals surface area (Å²) in [6.45, 7) is 3.26. The molecule has 7 heteroatoms. The highest BCUT2D eigenvalue weighted by Crippen LogP contribution is 2.24. The van der Waals surface area contributed by atoms with Crippen molar-refractivity contribution in [3.63, 3.8) is 0 Å². The van der Waals surface area contributed by atoms with Crippen LogP contribution in [0.25, 0.3) is 33.7 Å². The van der Waals surface area contributed by atoms with Gasteiger partial charge < -0.3 is 14.8 Å². The lowest BCUT2D eigenvalue weighted by atomic mass is 9.95. The SMILES string of the molecule is CC(C)(COc1ccc(-c2ccc(-c3nc4ccccc4[nH]3)cn2)cn1)C(=O)O. The molecule has 0 saturated heterocycles. The summed E-state index contributed by atoms with van der Waals surface area (Å²) in [5.74, 6) is 0.234. The van der Waals surface area contributed by atoms with Gasteiger partial charge in [-0.15, -0.1) is 0 Å². The molecule has 0 aliphatic heterocycles. The van der Waals surface area contributed by atoms with Gasteiger partial charge in [0.15, 0.2) is 0 Å². The molecule has 0 radical (unpaired) electrons. The molecule has 1 aromatic carbocycles. The topological polar surface area (TPSA) is 101 Å². The standard InChI is InChI=1S/C22H20N4O3/c1-22(2,21(27)28)13-29-19-10-8-14(11-24-19)16-9-7-15(12-23-16)20-25-17-5-3-4-6-18(17)26-20/h3-12H,13H2,1-2H3,(H,25,26)(H,27,28). The number of aromatic nitrogens is 4.